The van der Waals surface area contributed by atoms with Gasteiger partial charge in [0.05, 0.1) is 0 Å². The Kier molecular flexibility index (Phi) is 13.6. The summed E-state index contributed by atoms with van der Waals surface area (Å²) in [6.45, 7) is 12.4. The van der Waals surface area contributed by atoms with Crippen LogP contribution in [0.4, 0.5) is 0 Å². The van der Waals surface area contributed by atoms with Crippen LogP contribution in [0.1, 0.15) is 66.2 Å². The Balaban J connectivity index is 0.00000211. The third-order valence-electron chi connectivity index (χ3n) is 4.20. The van der Waals surface area contributed by atoms with Crippen LogP contribution in [-0.2, 0) is 9.53 Å². The average Bonchev–Trinajstić information content (AvgIpc) is 2.53. The van der Waals surface area contributed by atoms with Crippen molar-refractivity contribution in [1.82, 2.24) is 10.2 Å². The number of amides is 1. The molecule has 1 heterocycles. The predicted molar refractivity (Wildman–Crippen MR) is 94.1 cm³/mol. The molecule has 1 fully saturated rings. The van der Waals surface area contributed by atoms with Gasteiger partial charge in [-0.15, -0.1) is 0 Å². The van der Waals surface area contributed by atoms with E-state index in [1.54, 1.807) is 7.11 Å². The van der Waals surface area contributed by atoms with Gasteiger partial charge in [-0.2, -0.15) is 0 Å². The predicted octanol–water partition coefficient (Wildman–Crippen LogP) is 3.46. The van der Waals surface area contributed by atoms with Crippen LogP contribution in [0.2, 0.25) is 0 Å². The standard InChI is InChI=1S/C16H32N2O2.C2H6/c1-14(2)18-10-7-15(8-11-18)13-16(19)17-9-5-4-6-12-20-3;1-2/h14-15H,4-13H2,1-3H3,(H,17,19);1-2H3. The Morgan fingerprint density at radius 1 is 1.18 bits per heavy atom. The minimum Gasteiger partial charge on any atom is -0.385 e. The molecule has 1 saturated heterocycles. The first-order valence-electron chi connectivity index (χ1n) is 9.13. The van der Waals surface area contributed by atoms with Gasteiger partial charge in [0.1, 0.15) is 0 Å². The molecule has 0 aromatic carbocycles. The van der Waals surface area contributed by atoms with Crippen molar-refractivity contribution in [3.05, 3.63) is 0 Å². The minimum absolute atomic E-state index is 0.236. The van der Waals surface area contributed by atoms with Crippen LogP contribution >= 0.6 is 0 Å². The van der Waals surface area contributed by atoms with E-state index in [2.05, 4.69) is 24.1 Å². The molecule has 0 aromatic rings. The molecule has 0 saturated carbocycles. The van der Waals surface area contributed by atoms with E-state index < -0.39 is 0 Å². The van der Waals surface area contributed by atoms with Crippen LogP contribution in [-0.4, -0.2) is 50.2 Å². The summed E-state index contributed by atoms with van der Waals surface area (Å²) in [7, 11) is 1.73. The van der Waals surface area contributed by atoms with Gasteiger partial charge in [0.2, 0.25) is 5.91 Å². The molecule has 0 atom stereocenters. The maximum absolute atomic E-state index is 11.9. The number of piperidine rings is 1. The first-order valence-corrected chi connectivity index (χ1v) is 9.13. The summed E-state index contributed by atoms with van der Waals surface area (Å²) in [5.41, 5.74) is 0. The van der Waals surface area contributed by atoms with Gasteiger partial charge in [0.25, 0.3) is 0 Å². The maximum atomic E-state index is 11.9. The molecule has 0 aromatic heterocycles. The monoisotopic (exact) mass is 314 g/mol. The molecule has 4 heteroatoms. The van der Waals surface area contributed by atoms with Crippen molar-refractivity contribution in [1.29, 1.82) is 0 Å². The zero-order valence-electron chi connectivity index (χ0n) is 15.5. The van der Waals surface area contributed by atoms with Crippen molar-refractivity contribution >= 4 is 5.91 Å². The van der Waals surface area contributed by atoms with Crippen molar-refractivity contribution in [3.63, 3.8) is 0 Å². The van der Waals surface area contributed by atoms with Crippen LogP contribution in [0, 0.1) is 5.92 Å². The molecule has 0 aliphatic carbocycles. The van der Waals surface area contributed by atoms with Gasteiger partial charge in [-0.3, -0.25) is 4.79 Å². The zero-order chi connectivity index (χ0) is 16.8. The normalized spacial score (nSPS) is 16.3. The van der Waals surface area contributed by atoms with Crippen molar-refractivity contribution in [2.45, 2.75) is 72.3 Å². The van der Waals surface area contributed by atoms with Gasteiger partial charge in [0, 0.05) is 32.7 Å². The fraction of sp³-hybridized carbons (Fsp3) is 0.944. The molecule has 1 aliphatic rings. The summed E-state index contributed by atoms with van der Waals surface area (Å²) >= 11 is 0. The van der Waals surface area contributed by atoms with E-state index >= 15 is 0 Å². The van der Waals surface area contributed by atoms with Gasteiger partial charge in [-0.1, -0.05) is 13.8 Å². The number of rotatable bonds is 9. The van der Waals surface area contributed by atoms with Crippen LogP contribution in [0.15, 0.2) is 0 Å². The second kappa shape index (κ2) is 14.0. The molecule has 4 nitrogen and oxygen atoms in total. The van der Waals surface area contributed by atoms with Gasteiger partial charge in [0.15, 0.2) is 0 Å². The fourth-order valence-electron chi connectivity index (χ4n) is 2.78. The highest BCUT2D eigenvalue weighted by atomic mass is 16.5. The second-order valence-electron chi connectivity index (χ2n) is 6.18. The quantitative estimate of drug-likeness (QED) is 0.663. The molecule has 1 aliphatic heterocycles. The first-order chi connectivity index (χ1) is 10.6. The molecule has 0 spiro atoms. The van der Waals surface area contributed by atoms with E-state index in [1.165, 1.54) is 12.8 Å². The lowest BCUT2D eigenvalue weighted by atomic mass is 9.92. The van der Waals surface area contributed by atoms with E-state index in [0.717, 1.165) is 45.5 Å². The first kappa shape index (κ1) is 21.4. The van der Waals surface area contributed by atoms with E-state index in [1.807, 2.05) is 13.8 Å². The average molecular weight is 315 g/mol. The van der Waals surface area contributed by atoms with Crippen LogP contribution in [0.25, 0.3) is 0 Å². The van der Waals surface area contributed by atoms with Crippen molar-refractivity contribution in [3.8, 4) is 0 Å². The lowest BCUT2D eigenvalue weighted by Crippen LogP contribution is -2.39. The molecule has 0 radical (unpaired) electrons. The molecule has 1 amide bonds. The number of carbonyl (C=O) groups is 1. The summed E-state index contributed by atoms with van der Waals surface area (Å²) in [6.07, 6.45) is 6.31. The molecule has 1 N–H and O–H groups in total. The molecule has 0 unspecified atom stereocenters. The molecular formula is C18H38N2O2. The van der Waals surface area contributed by atoms with Crippen LogP contribution < -0.4 is 5.32 Å². The Labute approximate surface area is 138 Å². The Bertz CT molecular complexity index is 262. The van der Waals surface area contributed by atoms with Crippen LogP contribution in [0.3, 0.4) is 0 Å². The summed E-state index contributed by atoms with van der Waals surface area (Å²) < 4.78 is 5.00. The van der Waals surface area contributed by atoms with Gasteiger partial charge >= 0.3 is 0 Å². The summed E-state index contributed by atoms with van der Waals surface area (Å²) in [6, 6.07) is 0.636. The number of nitrogens with one attached hydrogen (secondary N) is 1. The number of carbonyl (C=O) groups excluding carboxylic acids is 1. The summed E-state index contributed by atoms with van der Waals surface area (Å²) in [4.78, 5) is 14.4. The lowest BCUT2D eigenvalue weighted by molar-refractivity contribution is -0.122. The molecule has 0 bridgehead atoms. The fourth-order valence-corrected chi connectivity index (χ4v) is 2.78. The van der Waals surface area contributed by atoms with E-state index in [4.69, 9.17) is 4.74 Å². The lowest BCUT2D eigenvalue weighted by Gasteiger charge is -2.34. The molecular weight excluding hydrogens is 276 g/mol. The van der Waals surface area contributed by atoms with Crippen molar-refractivity contribution < 1.29 is 9.53 Å². The third kappa shape index (κ3) is 10.2. The van der Waals surface area contributed by atoms with Gasteiger partial charge < -0.3 is 15.0 Å². The number of likely N-dealkylation sites (tertiary alicyclic amines) is 1. The number of methoxy groups -OCH3 is 1. The van der Waals surface area contributed by atoms with E-state index in [-0.39, 0.29) is 5.91 Å². The summed E-state index contributed by atoms with van der Waals surface area (Å²) in [5.74, 6) is 0.818. The minimum atomic E-state index is 0.236. The highest BCUT2D eigenvalue weighted by molar-refractivity contribution is 5.76. The largest absolute Gasteiger partial charge is 0.385 e. The highest BCUT2D eigenvalue weighted by Crippen LogP contribution is 2.21. The van der Waals surface area contributed by atoms with E-state index in [0.29, 0.717) is 18.4 Å². The van der Waals surface area contributed by atoms with Gasteiger partial charge in [-0.25, -0.2) is 0 Å². The Morgan fingerprint density at radius 2 is 1.82 bits per heavy atom. The highest BCUT2D eigenvalue weighted by Gasteiger charge is 2.22. The molecule has 132 valence electrons. The SMILES string of the molecule is CC.COCCCCCNC(=O)CC1CCN(C(C)C)CC1. The smallest absolute Gasteiger partial charge is 0.220 e. The van der Waals surface area contributed by atoms with Crippen molar-refractivity contribution in [2.75, 3.05) is 33.4 Å². The molecule has 1 rings (SSSR count). The Hall–Kier alpha value is -0.610. The number of ether oxygens (including phenoxy) is 1. The van der Waals surface area contributed by atoms with E-state index in [9.17, 15) is 4.79 Å². The third-order valence-corrected chi connectivity index (χ3v) is 4.20. The Morgan fingerprint density at radius 3 is 2.36 bits per heavy atom. The number of unbranched alkanes of at least 4 members (excludes halogenated alkanes) is 2. The van der Waals surface area contributed by atoms with Crippen molar-refractivity contribution in [2.24, 2.45) is 5.92 Å². The number of hydrogen-bond donors (Lipinski definition) is 1. The zero-order valence-corrected chi connectivity index (χ0v) is 15.5. The summed E-state index contributed by atoms with van der Waals surface area (Å²) in [5, 5.41) is 3.05. The van der Waals surface area contributed by atoms with Gasteiger partial charge in [-0.05, 0) is 65.0 Å². The number of nitrogens with zero attached hydrogens (tertiary/aromatic N) is 1. The van der Waals surface area contributed by atoms with Crippen LogP contribution in [0.5, 0.6) is 0 Å². The number of hydrogen-bond acceptors (Lipinski definition) is 3. The second-order valence-corrected chi connectivity index (χ2v) is 6.18. The maximum Gasteiger partial charge on any atom is 0.220 e. The topological polar surface area (TPSA) is 41.6 Å². The molecule has 22 heavy (non-hydrogen) atoms.